The number of amides is 1. The van der Waals surface area contributed by atoms with Crippen molar-refractivity contribution >= 4 is 23.1 Å². The molecular weight excluding hydrogens is 252 g/mol. The maximum absolute atomic E-state index is 12.3. The van der Waals surface area contributed by atoms with Crippen LogP contribution in [0.1, 0.15) is 15.9 Å². The molecule has 0 aliphatic carbocycles. The second-order valence-electron chi connectivity index (χ2n) is 4.85. The molecule has 1 amide bonds. The zero-order valence-corrected chi connectivity index (χ0v) is 11.8. The van der Waals surface area contributed by atoms with Crippen molar-refractivity contribution in [3.05, 3.63) is 47.7 Å². The minimum absolute atomic E-state index is 0.225. The largest absolute Gasteiger partial charge is 0.399 e. The van der Waals surface area contributed by atoms with E-state index < -0.39 is 0 Å². The molecule has 0 unspecified atom stereocenters. The van der Waals surface area contributed by atoms with Gasteiger partial charge >= 0.3 is 0 Å². The first-order valence-electron chi connectivity index (χ1n) is 6.28. The Bertz CT molecular complexity index is 620. The third-order valence-electron chi connectivity index (χ3n) is 2.90. The molecular formula is C15H18N4O. The van der Waals surface area contributed by atoms with E-state index in [0.29, 0.717) is 17.1 Å². The summed E-state index contributed by atoms with van der Waals surface area (Å²) < 4.78 is 0. The number of carbonyl (C=O) groups is 1. The van der Waals surface area contributed by atoms with Crippen molar-refractivity contribution in [3.63, 3.8) is 0 Å². The van der Waals surface area contributed by atoms with E-state index in [1.54, 1.807) is 24.4 Å². The molecule has 1 aromatic heterocycles. The fourth-order valence-electron chi connectivity index (χ4n) is 1.85. The smallest absolute Gasteiger partial charge is 0.258 e. The van der Waals surface area contributed by atoms with Crippen LogP contribution in [0.2, 0.25) is 0 Å². The summed E-state index contributed by atoms with van der Waals surface area (Å²) in [7, 11) is 3.76. The van der Waals surface area contributed by atoms with Crippen LogP contribution in [0, 0.1) is 6.92 Å². The maximum atomic E-state index is 12.3. The number of hydrogen-bond acceptors (Lipinski definition) is 4. The van der Waals surface area contributed by atoms with Crippen molar-refractivity contribution in [2.24, 2.45) is 0 Å². The molecule has 104 valence electrons. The monoisotopic (exact) mass is 270 g/mol. The zero-order valence-electron chi connectivity index (χ0n) is 11.8. The van der Waals surface area contributed by atoms with Crippen molar-refractivity contribution in [2.75, 3.05) is 30.0 Å². The van der Waals surface area contributed by atoms with E-state index in [0.717, 1.165) is 11.3 Å². The molecule has 0 saturated carbocycles. The van der Waals surface area contributed by atoms with Gasteiger partial charge in [-0.15, -0.1) is 0 Å². The van der Waals surface area contributed by atoms with Gasteiger partial charge in [0.2, 0.25) is 0 Å². The Hall–Kier alpha value is -2.56. The first kappa shape index (κ1) is 13.9. The Morgan fingerprint density at radius 1 is 1.25 bits per heavy atom. The Morgan fingerprint density at radius 3 is 2.60 bits per heavy atom. The molecule has 1 aromatic carbocycles. The quantitative estimate of drug-likeness (QED) is 0.839. The van der Waals surface area contributed by atoms with Crippen LogP contribution in [0.3, 0.4) is 0 Å². The molecule has 0 radical (unpaired) electrons. The highest BCUT2D eigenvalue weighted by molar-refractivity contribution is 6.08. The number of anilines is 3. The van der Waals surface area contributed by atoms with Gasteiger partial charge in [0.15, 0.2) is 0 Å². The highest BCUT2D eigenvalue weighted by Gasteiger charge is 2.14. The average molecular weight is 270 g/mol. The van der Waals surface area contributed by atoms with Crippen molar-refractivity contribution < 1.29 is 4.79 Å². The van der Waals surface area contributed by atoms with Crippen LogP contribution < -0.4 is 16.0 Å². The Kier molecular flexibility index (Phi) is 3.89. The number of hydrogen-bond donors (Lipinski definition) is 2. The predicted molar refractivity (Wildman–Crippen MR) is 82.1 cm³/mol. The normalized spacial score (nSPS) is 10.2. The van der Waals surface area contributed by atoms with E-state index in [4.69, 9.17) is 5.73 Å². The van der Waals surface area contributed by atoms with Crippen LogP contribution in [0.25, 0.3) is 0 Å². The summed E-state index contributed by atoms with van der Waals surface area (Å²) in [5, 5.41) is 2.78. The summed E-state index contributed by atoms with van der Waals surface area (Å²) in [5.41, 5.74) is 8.69. The van der Waals surface area contributed by atoms with E-state index in [2.05, 4.69) is 10.3 Å². The van der Waals surface area contributed by atoms with Crippen molar-refractivity contribution in [1.82, 2.24) is 4.98 Å². The summed E-state index contributed by atoms with van der Waals surface area (Å²) in [4.78, 5) is 18.4. The molecule has 2 aromatic rings. The van der Waals surface area contributed by atoms with E-state index >= 15 is 0 Å². The van der Waals surface area contributed by atoms with Crippen LogP contribution in [0.4, 0.5) is 17.2 Å². The van der Waals surface area contributed by atoms with E-state index in [1.165, 1.54) is 0 Å². The summed E-state index contributed by atoms with van der Waals surface area (Å²) >= 11 is 0. The Balaban J connectivity index is 2.28. The van der Waals surface area contributed by atoms with E-state index in [1.807, 2.05) is 38.1 Å². The number of nitrogens with two attached hydrogens (primary N) is 1. The van der Waals surface area contributed by atoms with Crippen LogP contribution in [0.15, 0.2) is 36.5 Å². The SMILES string of the molecule is Cc1ccc(NC(=O)c2cc(N)ccc2N(C)C)nc1. The van der Waals surface area contributed by atoms with Gasteiger partial charge in [0.25, 0.3) is 5.91 Å². The molecule has 3 N–H and O–H groups in total. The number of nitrogens with one attached hydrogen (secondary N) is 1. The molecule has 5 nitrogen and oxygen atoms in total. The van der Waals surface area contributed by atoms with Gasteiger partial charge in [-0.05, 0) is 36.8 Å². The number of carbonyl (C=O) groups excluding carboxylic acids is 1. The number of aryl methyl sites for hydroxylation is 1. The molecule has 0 atom stereocenters. The minimum Gasteiger partial charge on any atom is -0.399 e. The van der Waals surface area contributed by atoms with Gasteiger partial charge < -0.3 is 16.0 Å². The maximum Gasteiger partial charge on any atom is 0.258 e. The molecule has 1 heterocycles. The van der Waals surface area contributed by atoms with Crippen molar-refractivity contribution in [2.45, 2.75) is 6.92 Å². The molecule has 5 heteroatoms. The number of benzene rings is 1. The van der Waals surface area contributed by atoms with Gasteiger partial charge in [-0.1, -0.05) is 6.07 Å². The molecule has 20 heavy (non-hydrogen) atoms. The minimum atomic E-state index is -0.225. The number of rotatable bonds is 3. The second-order valence-corrected chi connectivity index (χ2v) is 4.85. The third kappa shape index (κ3) is 3.06. The highest BCUT2D eigenvalue weighted by atomic mass is 16.1. The fourth-order valence-corrected chi connectivity index (χ4v) is 1.85. The lowest BCUT2D eigenvalue weighted by molar-refractivity contribution is 0.102. The first-order valence-corrected chi connectivity index (χ1v) is 6.28. The molecule has 2 rings (SSSR count). The summed E-state index contributed by atoms with van der Waals surface area (Å²) in [6.45, 7) is 1.95. The number of nitrogen functional groups attached to an aromatic ring is 1. The van der Waals surface area contributed by atoms with Crippen LogP contribution in [0.5, 0.6) is 0 Å². The molecule has 0 aliphatic heterocycles. The van der Waals surface area contributed by atoms with Crippen LogP contribution >= 0.6 is 0 Å². The van der Waals surface area contributed by atoms with Gasteiger partial charge in [0.1, 0.15) is 5.82 Å². The topological polar surface area (TPSA) is 71.2 Å². The second kappa shape index (κ2) is 5.61. The summed E-state index contributed by atoms with van der Waals surface area (Å²) in [5.74, 6) is 0.296. The molecule has 0 bridgehead atoms. The fraction of sp³-hybridized carbons (Fsp3) is 0.200. The van der Waals surface area contributed by atoms with Gasteiger partial charge in [-0.3, -0.25) is 4.79 Å². The molecule has 0 spiro atoms. The van der Waals surface area contributed by atoms with Crippen molar-refractivity contribution in [1.29, 1.82) is 0 Å². The van der Waals surface area contributed by atoms with E-state index in [-0.39, 0.29) is 5.91 Å². The lowest BCUT2D eigenvalue weighted by Crippen LogP contribution is -2.19. The Labute approximate surface area is 118 Å². The van der Waals surface area contributed by atoms with Gasteiger partial charge in [-0.25, -0.2) is 4.98 Å². The molecule has 0 saturated heterocycles. The Morgan fingerprint density at radius 2 is 2.00 bits per heavy atom. The third-order valence-corrected chi connectivity index (χ3v) is 2.90. The standard InChI is InChI=1S/C15H18N4O/c1-10-4-7-14(17-9-10)18-15(20)12-8-11(16)5-6-13(12)19(2)3/h4-9H,16H2,1-3H3,(H,17,18,20). The zero-order chi connectivity index (χ0) is 14.7. The van der Waals surface area contributed by atoms with Gasteiger partial charge in [-0.2, -0.15) is 0 Å². The summed E-state index contributed by atoms with van der Waals surface area (Å²) in [6, 6.07) is 8.94. The highest BCUT2D eigenvalue weighted by Crippen LogP contribution is 2.22. The van der Waals surface area contributed by atoms with E-state index in [9.17, 15) is 4.79 Å². The molecule has 0 aliphatic rings. The number of aromatic nitrogens is 1. The van der Waals surface area contributed by atoms with Crippen LogP contribution in [-0.4, -0.2) is 25.0 Å². The number of pyridine rings is 1. The predicted octanol–water partition coefficient (Wildman–Crippen LogP) is 2.29. The first-order chi connectivity index (χ1) is 9.47. The number of nitrogens with zero attached hydrogens (tertiary/aromatic N) is 2. The molecule has 0 fully saturated rings. The lowest BCUT2D eigenvalue weighted by atomic mass is 10.1. The van der Waals surface area contributed by atoms with Crippen LogP contribution in [-0.2, 0) is 0 Å². The van der Waals surface area contributed by atoms with Gasteiger partial charge in [0.05, 0.1) is 5.56 Å². The summed E-state index contributed by atoms with van der Waals surface area (Å²) in [6.07, 6.45) is 1.71. The average Bonchev–Trinajstić information content (AvgIpc) is 2.41. The lowest BCUT2D eigenvalue weighted by Gasteiger charge is -2.17. The van der Waals surface area contributed by atoms with Crippen molar-refractivity contribution in [3.8, 4) is 0 Å². The van der Waals surface area contributed by atoms with Gasteiger partial charge in [0, 0.05) is 31.7 Å².